The molecule has 0 spiro atoms. The summed E-state index contributed by atoms with van der Waals surface area (Å²) >= 11 is 3.40. The molecular formula is C17H16BrNO. The molecular weight excluding hydrogens is 314 g/mol. The van der Waals surface area contributed by atoms with Crippen LogP contribution in [0.15, 0.2) is 53.0 Å². The van der Waals surface area contributed by atoms with Crippen molar-refractivity contribution in [3.05, 3.63) is 69.7 Å². The van der Waals surface area contributed by atoms with Crippen LogP contribution in [0.5, 0.6) is 0 Å². The van der Waals surface area contributed by atoms with Gasteiger partial charge >= 0.3 is 0 Å². The molecule has 0 amide bonds. The number of carbonyl (C=O) groups is 1. The molecule has 0 bridgehead atoms. The minimum absolute atomic E-state index is 0.0939. The minimum atomic E-state index is -0.0939. The zero-order chi connectivity index (χ0) is 14.1. The lowest BCUT2D eigenvalue weighted by atomic mass is 10.0. The fraction of sp³-hybridized carbons (Fsp3) is 0.235. The summed E-state index contributed by atoms with van der Waals surface area (Å²) in [6.07, 6.45) is 0. The van der Waals surface area contributed by atoms with E-state index in [4.69, 9.17) is 0 Å². The average Bonchev–Trinajstić information content (AvgIpc) is 2.90. The van der Waals surface area contributed by atoms with E-state index in [1.165, 1.54) is 11.1 Å². The van der Waals surface area contributed by atoms with E-state index < -0.39 is 0 Å². The predicted octanol–water partition coefficient (Wildman–Crippen LogP) is 4.04. The summed E-state index contributed by atoms with van der Waals surface area (Å²) in [7, 11) is 0. The van der Waals surface area contributed by atoms with E-state index >= 15 is 0 Å². The maximum absolute atomic E-state index is 12.5. The van der Waals surface area contributed by atoms with Crippen molar-refractivity contribution in [1.82, 2.24) is 4.90 Å². The molecule has 3 heteroatoms. The minimum Gasteiger partial charge on any atom is -0.292 e. The van der Waals surface area contributed by atoms with Gasteiger partial charge in [0.1, 0.15) is 0 Å². The van der Waals surface area contributed by atoms with Crippen LogP contribution in [0.2, 0.25) is 0 Å². The van der Waals surface area contributed by atoms with Gasteiger partial charge in [-0.25, -0.2) is 0 Å². The smallest absolute Gasteiger partial charge is 0.179 e. The fourth-order valence-electron chi connectivity index (χ4n) is 2.65. The molecule has 1 atom stereocenters. The SMILES string of the molecule is CC(C(=O)c1ccc(Br)cc1)N1Cc2ccccc2C1. The second-order valence-electron chi connectivity index (χ2n) is 5.22. The highest BCUT2D eigenvalue weighted by Crippen LogP contribution is 2.25. The van der Waals surface area contributed by atoms with E-state index in [0.29, 0.717) is 0 Å². The van der Waals surface area contributed by atoms with Crippen molar-refractivity contribution in [2.45, 2.75) is 26.1 Å². The van der Waals surface area contributed by atoms with Gasteiger partial charge in [0.2, 0.25) is 0 Å². The zero-order valence-electron chi connectivity index (χ0n) is 11.3. The highest BCUT2D eigenvalue weighted by molar-refractivity contribution is 9.10. The molecule has 2 aromatic rings. The quantitative estimate of drug-likeness (QED) is 0.792. The van der Waals surface area contributed by atoms with Crippen LogP contribution in [0.4, 0.5) is 0 Å². The van der Waals surface area contributed by atoms with Gasteiger partial charge in [-0.2, -0.15) is 0 Å². The lowest BCUT2D eigenvalue weighted by molar-refractivity contribution is 0.0835. The third-order valence-electron chi connectivity index (χ3n) is 3.92. The number of Topliss-reactive ketones (excluding diaryl/α,β-unsaturated/α-hetero) is 1. The Morgan fingerprint density at radius 1 is 1.05 bits per heavy atom. The Bertz CT molecular complexity index is 611. The van der Waals surface area contributed by atoms with Gasteiger partial charge < -0.3 is 0 Å². The van der Waals surface area contributed by atoms with E-state index in [9.17, 15) is 4.79 Å². The number of hydrogen-bond donors (Lipinski definition) is 0. The van der Waals surface area contributed by atoms with Crippen LogP contribution in [0, 0.1) is 0 Å². The van der Waals surface area contributed by atoms with Crippen LogP contribution in [-0.2, 0) is 13.1 Å². The predicted molar refractivity (Wildman–Crippen MR) is 83.6 cm³/mol. The maximum Gasteiger partial charge on any atom is 0.179 e. The summed E-state index contributed by atoms with van der Waals surface area (Å²) < 4.78 is 0.996. The molecule has 102 valence electrons. The lowest BCUT2D eigenvalue weighted by Crippen LogP contribution is -2.35. The first-order valence-electron chi connectivity index (χ1n) is 6.76. The van der Waals surface area contributed by atoms with Crippen LogP contribution in [0.1, 0.15) is 28.4 Å². The Morgan fingerprint density at radius 3 is 2.15 bits per heavy atom. The normalized spacial score (nSPS) is 15.9. The van der Waals surface area contributed by atoms with E-state index in [0.717, 1.165) is 23.1 Å². The summed E-state index contributed by atoms with van der Waals surface area (Å²) in [6.45, 7) is 3.72. The topological polar surface area (TPSA) is 20.3 Å². The number of benzene rings is 2. The van der Waals surface area contributed by atoms with Crippen LogP contribution >= 0.6 is 15.9 Å². The molecule has 0 aliphatic carbocycles. The fourth-order valence-corrected chi connectivity index (χ4v) is 2.92. The molecule has 1 aliphatic rings. The van der Waals surface area contributed by atoms with Crippen LogP contribution < -0.4 is 0 Å². The average molecular weight is 330 g/mol. The van der Waals surface area contributed by atoms with Crippen molar-refractivity contribution < 1.29 is 4.79 Å². The van der Waals surface area contributed by atoms with Crippen LogP contribution in [0.3, 0.4) is 0 Å². The molecule has 0 saturated heterocycles. The molecule has 2 nitrogen and oxygen atoms in total. The summed E-state index contributed by atoms with van der Waals surface area (Å²) in [5.41, 5.74) is 3.45. The molecule has 0 saturated carbocycles. The third-order valence-corrected chi connectivity index (χ3v) is 4.45. The van der Waals surface area contributed by atoms with Crippen molar-refractivity contribution in [2.24, 2.45) is 0 Å². The molecule has 20 heavy (non-hydrogen) atoms. The lowest BCUT2D eigenvalue weighted by Gasteiger charge is -2.22. The first kappa shape index (κ1) is 13.5. The Hall–Kier alpha value is -1.45. The second-order valence-corrected chi connectivity index (χ2v) is 6.14. The van der Waals surface area contributed by atoms with E-state index in [2.05, 4.69) is 45.1 Å². The van der Waals surface area contributed by atoms with Gasteiger partial charge in [0, 0.05) is 23.1 Å². The molecule has 1 heterocycles. The molecule has 0 N–H and O–H groups in total. The van der Waals surface area contributed by atoms with E-state index in [-0.39, 0.29) is 11.8 Å². The molecule has 0 aromatic heterocycles. The number of nitrogens with zero attached hydrogens (tertiary/aromatic N) is 1. The number of carbonyl (C=O) groups excluding carboxylic acids is 1. The summed E-state index contributed by atoms with van der Waals surface area (Å²) in [6, 6.07) is 15.9. The monoisotopic (exact) mass is 329 g/mol. The van der Waals surface area contributed by atoms with Crippen molar-refractivity contribution in [3.8, 4) is 0 Å². The molecule has 0 fully saturated rings. The summed E-state index contributed by atoms with van der Waals surface area (Å²) in [5.74, 6) is 0.185. The first-order chi connectivity index (χ1) is 9.65. The Labute approximate surface area is 127 Å². The van der Waals surface area contributed by atoms with Gasteiger partial charge in [0.05, 0.1) is 6.04 Å². The number of halogens is 1. The number of fused-ring (bicyclic) bond motifs is 1. The standard InChI is InChI=1S/C17H16BrNO/c1-12(17(20)13-6-8-16(18)9-7-13)19-10-14-4-2-3-5-15(14)11-19/h2-9,12H,10-11H2,1H3. The van der Waals surface area contributed by atoms with Gasteiger partial charge in [0.15, 0.2) is 5.78 Å². The number of ketones is 1. The summed E-state index contributed by atoms with van der Waals surface area (Å²) in [4.78, 5) is 14.8. The van der Waals surface area contributed by atoms with Crippen molar-refractivity contribution in [3.63, 3.8) is 0 Å². The Kier molecular flexibility index (Phi) is 3.72. The Balaban J connectivity index is 1.76. The molecule has 2 aromatic carbocycles. The maximum atomic E-state index is 12.5. The van der Waals surface area contributed by atoms with Crippen molar-refractivity contribution in [1.29, 1.82) is 0 Å². The molecule has 1 unspecified atom stereocenters. The van der Waals surface area contributed by atoms with Gasteiger partial charge in [-0.3, -0.25) is 9.69 Å². The highest BCUT2D eigenvalue weighted by Gasteiger charge is 2.27. The van der Waals surface area contributed by atoms with Crippen molar-refractivity contribution >= 4 is 21.7 Å². The molecule has 1 aliphatic heterocycles. The molecule has 3 rings (SSSR count). The van der Waals surface area contributed by atoms with Crippen LogP contribution in [0.25, 0.3) is 0 Å². The van der Waals surface area contributed by atoms with Gasteiger partial charge in [-0.1, -0.05) is 52.3 Å². The van der Waals surface area contributed by atoms with Gasteiger partial charge in [-0.05, 0) is 30.2 Å². The summed E-state index contributed by atoms with van der Waals surface area (Å²) in [5, 5.41) is 0. The largest absolute Gasteiger partial charge is 0.292 e. The number of rotatable bonds is 3. The van der Waals surface area contributed by atoms with E-state index in [1.807, 2.05) is 31.2 Å². The first-order valence-corrected chi connectivity index (χ1v) is 7.55. The number of hydrogen-bond acceptors (Lipinski definition) is 2. The third kappa shape index (κ3) is 2.56. The van der Waals surface area contributed by atoms with Crippen LogP contribution in [-0.4, -0.2) is 16.7 Å². The second kappa shape index (κ2) is 5.51. The van der Waals surface area contributed by atoms with Gasteiger partial charge in [0.25, 0.3) is 0 Å². The van der Waals surface area contributed by atoms with E-state index in [1.54, 1.807) is 0 Å². The Morgan fingerprint density at radius 2 is 1.60 bits per heavy atom. The highest BCUT2D eigenvalue weighted by atomic mass is 79.9. The molecule has 0 radical (unpaired) electrons. The zero-order valence-corrected chi connectivity index (χ0v) is 12.9. The van der Waals surface area contributed by atoms with Gasteiger partial charge in [-0.15, -0.1) is 0 Å². The van der Waals surface area contributed by atoms with Crippen molar-refractivity contribution in [2.75, 3.05) is 0 Å².